The van der Waals surface area contributed by atoms with Crippen molar-refractivity contribution in [1.82, 2.24) is 9.97 Å². The van der Waals surface area contributed by atoms with Gasteiger partial charge in [0.25, 0.3) is 0 Å². The minimum absolute atomic E-state index is 0.0251. The van der Waals surface area contributed by atoms with Crippen molar-refractivity contribution in [2.24, 2.45) is 0 Å². The summed E-state index contributed by atoms with van der Waals surface area (Å²) < 4.78 is 1.65. The summed E-state index contributed by atoms with van der Waals surface area (Å²) in [5, 5.41) is 0. The van der Waals surface area contributed by atoms with Crippen molar-refractivity contribution in [1.29, 1.82) is 0 Å². The van der Waals surface area contributed by atoms with Gasteiger partial charge in [-0.15, -0.1) is 0 Å². The largest absolute Gasteiger partial charge is 0.343 e. The molecular weight excluding hydrogens is 308 g/mol. The van der Waals surface area contributed by atoms with Gasteiger partial charge in [0.1, 0.15) is 10.5 Å². The number of aromatic amines is 1. The van der Waals surface area contributed by atoms with E-state index in [1.54, 1.807) is 0 Å². The fourth-order valence-electron chi connectivity index (χ4n) is 1.63. The lowest BCUT2D eigenvalue weighted by Gasteiger charge is -2.19. The van der Waals surface area contributed by atoms with E-state index in [1.807, 2.05) is 30.3 Å². The summed E-state index contributed by atoms with van der Waals surface area (Å²) in [4.78, 5) is 7.77. The van der Waals surface area contributed by atoms with Crippen molar-refractivity contribution >= 4 is 28.1 Å². The second-order valence-corrected chi connectivity index (χ2v) is 6.58. The summed E-state index contributed by atoms with van der Waals surface area (Å²) in [6, 6.07) is 9.95. The zero-order valence-corrected chi connectivity index (χ0v) is 13.0. The Morgan fingerprint density at radius 1 is 1.22 bits per heavy atom. The molecule has 0 saturated heterocycles. The first-order valence-corrected chi connectivity index (χ1v) is 6.94. The van der Waals surface area contributed by atoms with Crippen LogP contribution in [-0.2, 0) is 5.41 Å². The molecule has 0 radical (unpaired) electrons. The molecule has 2 aromatic rings. The first-order chi connectivity index (χ1) is 8.36. The molecule has 0 aliphatic carbocycles. The molecule has 1 aromatic carbocycles. The van der Waals surface area contributed by atoms with E-state index in [-0.39, 0.29) is 5.41 Å². The first kappa shape index (κ1) is 13.4. The van der Waals surface area contributed by atoms with Gasteiger partial charge in [-0.25, -0.2) is 4.98 Å². The Bertz CT molecular complexity index is 626. The molecule has 0 bridgehead atoms. The number of H-pyrrole nitrogens is 1. The van der Waals surface area contributed by atoms with E-state index in [0.717, 1.165) is 21.6 Å². The Labute approximate surface area is 121 Å². The molecule has 0 amide bonds. The third-order valence-corrected chi connectivity index (χ3v) is 3.35. The van der Waals surface area contributed by atoms with Crippen LogP contribution in [0.15, 0.2) is 34.8 Å². The van der Waals surface area contributed by atoms with E-state index in [4.69, 9.17) is 12.2 Å². The second kappa shape index (κ2) is 4.94. The normalized spacial score (nSPS) is 11.6. The fourth-order valence-corrected chi connectivity index (χ4v) is 2.24. The molecule has 0 fully saturated rings. The van der Waals surface area contributed by atoms with Crippen molar-refractivity contribution in [3.63, 3.8) is 0 Å². The molecule has 2 rings (SSSR count). The van der Waals surface area contributed by atoms with Crippen LogP contribution >= 0.6 is 28.1 Å². The van der Waals surface area contributed by atoms with Crippen LogP contribution in [0.25, 0.3) is 11.4 Å². The van der Waals surface area contributed by atoms with Crippen molar-refractivity contribution < 1.29 is 0 Å². The average Bonchev–Trinajstić information content (AvgIpc) is 2.27. The number of benzene rings is 1. The zero-order valence-electron chi connectivity index (χ0n) is 10.6. The van der Waals surface area contributed by atoms with E-state index < -0.39 is 0 Å². The van der Waals surface area contributed by atoms with Gasteiger partial charge in [0.2, 0.25) is 0 Å². The summed E-state index contributed by atoms with van der Waals surface area (Å²) in [6.45, 7) is 6.45. The van der Waals surface area contributed by atoms with Gasteiger partial charge in [-0.2, -0.15) is 0 Å². The Kier molecular flexibility index (Phi) is 3.69. The zero-order chi connectivity index (χ0) is 13.3. The number of aromatic nitrogens is 2. The lowest BCUT2D eigenvalue weighted by atomic mass is 9.92. The fraction of sp³-hybridized carbons (Fsp3) is 0.286. The van der Waals surface area contributed by atoms with Crippen LogP contribution in [0, 0.1) is 4.64 Å². The molecule has 1 N–H and O–H groups in total. The van der Waals surface area contributed by atoms with Crippen molar-refractivity contribution in [2.75, 3.05) is 0 Å². The number of halogens is 1. The molecule has 1 heterocycles. The summed E-state index contributed by atoms with van der Waals surface area (Å²) in [7, 11) is 0. The van der Waals surface area contributed by atoms with Crippen molar-refractivity contribution in [3.05, 3.63) is 45.1 Å². The lowest BCUT2D eigenvalue weighted by Crippen LogP contribution is -2.14. The molecule has 94 valence electrons. The average molecular weight is 323 g/mol. The van der Waals surface area contributed by atoms with E-state index >= 15 is 0 Å². The van der Waals surface area contributed by atoms with Crippen LogP contribution in [0.1, 0.15) is 26.5 Å². The SMILES string of the molecule is CC(C)(C)c1cc(=S)nc(-c2cccc(Br)c2)[nH]1. The van der Waals surface area contributed by atoms with Gasteiger partial charge in [0.05, 0.1) is 0 Å². The molecular formula is C14H15BrN2S. The van der Waals surface area contributed by atoms with Crippen LogP contribution in [0.2, 0.25) is 0 Å². The maximum absolute atomic E-state index is 5.25. The molecule has 0 aliphatic heterocycles. The van der Waals surface area contributed by atoms with Gasteiger partial charge in [-0.05, 0) is 18.2 Å². The topological polar surface area (TPSA) is 28.7 Å². The number of hydrogen-bond acceptors (Lipinski definition) is 2. The molecule has 0 unspecified atom stereocenters. The first-order valence-electron chi connectivity index (χ1n) is 5.74. The Morgan fingerprint density at radius 2 is 1.94 bits per heavy atom. The third kappa shape index (κ3) is 3.06. The Balaban J connectivity index is 2.59. The van der Waals surface area contributed by atoms with E-state index in [1.165, 1.54) is 0 Å². The predicted octanol–water partition coefficient (Wildman–Crippen LogP) is 4.87. The van der Waals surface area contributed by atoms with Crippen LogP contribution < -0.4 is 0 Å². The predicted molar refractivity (Wildman–Crippen MR) is 81.3 cm³/mol. The molecule has 0 atom stereocenters. The second-order valence-electron chi connectivity index (χ2n) is 5.24. The number of nitrogens with zero attached hydrogens (tertiary/aromatic N) is 1. The van der Waals surface area contributed by atoms with Gasteiger partial charge in [-0.1, -0.05) is 61.1 Å². The van der Waals surface area contributed by atoms with E-state index in [0.29, 0.717) is 4.64 Å². The van der Waals surface area contributed by atoms with Gasteiger partial charge < -0.3 is 4.98 Å². The lowest BCUT2D eigenvalue weighted by molar-refractivity contribution is 0.567. The van der Waals surface area contributed by atoms with Crippen molar-refractivity contribution in [2.45, 2.75) is 26.2 Å². The summed E-state index contributed by atoms with van der Waals surface area (Å²) >= 11 is 8.71. The monoisotopic (exact) mass is 322 g/mol. The summed E-state index contributed by atoms with van der Waals surface area (Å²) in [5.74, 6) is 0.814. The molecule has 18 heavy (non-hydrogen) atoms. The molecule has 2 nitrogen and oxygen atoms in total. The standard InChI is InChI=1S/C14H15BrN2S/c1-14(2,3)11-8-12(18)17-13(16-11)9-5-4-6-10(15)7-9/h4-8H,1-3H3,(H,16,17,18). The maximum Gasteiger partial charge on any atom is 0.139 e. The highest BCUT2D eigenvalue weighted by Crippen LogP contribution is 2.24. The van der Waals surface area contributed by atoms with Crippen LogP contribution in [0.4, 0.5) is 0 Å². The highest BCUT2D eigenvalue weighted by Gasteiger charge is 2.15. The van der Waals surface area contributed by atoms with E-state index in [9.17, 15) is 0 Å². The minimum atomic E-state index is 0.0251. The minimum Gasteiger partial charge on any atom is -0.343 e. The smallest absolute Gasteiger partial charge is 0.139 e. The Morgan fingerprint density at radius 3 is 2.56 bits per heavy atom. The van der Waals surface area contributed by atoms with E-state index in [2.05, 4.69) is 46.7 Å². The quantitative estimate of drug-likeness (QED) is 0.759. The van der Waals surface area contributed by atoms with Gasteiger partial charge in [0.15, 0.2) is 0 Å². The summed E-state index contributed by atoms with van der Waals surface area (Å²) in [5.41, 5.74) is 2.15. The van der Waals surface area contributed by atoms with Crippen LogP contribution in [0.5, 0.6) is 0 Å². The number of nitrogens with one attached hydrogen (secondary N) is 1. The highest BCUT2D eigenvalue weighted by molar-refractivity contribution is 9.10. The van der Waals surface area contributed by atoms with Gasteiger partial charge in [-0.3, -0.25) is 0 Å². The molecule has 4 heteroatoms. The van der Waals surface area contributed by atoms with Crippen LogP contribution in [-0.4, -0.2) is 9.97 Å². The summed E-state index contributed by atoms with van der Waals surface area (Å²) in [6.07, 6.45) is 0. The number of rotatable bonds is 1. The maximum atomic E-state index is 5.25. The van der Waals surface area contributed by atoms with Crippen molar-refractivity contribution in [3.8, 4) is 11.4 Å². The molecule has 0 saturated carbocycles. The third-order valence-electron chi connectivity index (χ3n) is 2.65. The highest BCUT2D eigenvalue weighted by atomic mass is 79.9. The molecule has 0 spiro atoms. The van der Waals surface area contributed by atoms with Gasteiger partial charge in [0, 0.05) is 21.1 Å². The molecule has 1 aromatic heterocycles. The Hall–Kier alpha value is -1.00. The molecule has 0 aliphatic rings. The number of hydrogen-bond donors (Lipinski definition) is 1. The van der Waals surface area contributed by atoms with Crippen LogP contribution in [0.3, 0.4) is 0 Å². The van der Waals surface area contributed by atoms with Gasteiger partial charge >= 0.3 is 0 Å².